The molecule has 0 bridgehead atoms. The second kappa shape index (κ2) is 8.80. The third kappa shape index (κ3) is 8.03. The Morgan fingerprint density at radius 3 is 2.33 bits per heavy atom. The first-order valence-corrected chi connectivity index (χ1v) is 7.79. The summed E-state index contributed by atoms with van der Waals surface area (Å²) in [4.78, 5) is 23.6. The molecule has 0 saturated heterocycles. The minimum Gasteiger partial charge on any atom is -0.495 e. The van der Waals surface area contributed by atoms with Gasteiger partial charge in [-0.25, -0.2) is 9.59 Å². The zero-order valence-electron chi connectivity index (χ0n) is 15.2. The van der Waals surface area contributed by atoms with Crippen molar-refractivity contribution in [3.05, 3.63) is 18.2 Å². The van der Waals surface area contributed by atoms with Gasteiger partial charge in [-0.2, -0.15) is 13.2 Å². The molecule has 1 aromatic rings. The average molecular weight is 393 g/mol. The molecule has 4 N–H and O–H groups in total. The molecule has 0 spiro atoms. The number of hydrogen-bond acceptors (Lipinski definition) is 5. The summed E-state index contributed by atoms with van der Waals surface area (Å²) < 4.78 is 46.9. The van der Waals surface area contributed by atoms with Gasteiger partial charge in [0.15, 0.2) is 6.10 Å². The Balaban J connectivity index is 2.77. The van der Waals surface area contributed by atoms with Crippen LogP contribution < -0.4 is 20.7 Å². The highest BCUT2D eigenvalue weighted by molar-refractivity contribution is 5.92. The van der Waals surface area contributed by atoms with Crippen LogP contribution in [0.5, 0.6) is 5.75 Å². The lowest BCUT2D eigenvalue weighted by molar-refractivity contribution is -0.201. The third-order valence-electron chi connectivity index (χ3n) is 2.93. The van der Waals surface area contributed by atoms with Gasteiger partial charge in [0.2, 0.25) is 0 Å². The number of aliphatic hydroxyl groups excluding tert-OH is 1. The number of carbonyl (C=O) groups excluding carboxylic acids is 2. The molecular formula is C16H22F3N3O5. The van der Waals surface area contributed by atoms with Crippen LogP contribution in [-0.2, 0) is 4.74 Å². The fourth-order valence-electron chi connectivity index (χ4n) is 1.78. The number of hydrogen-bond donors (Lipinski definition) is 4. The molecule has 0 fully saturated rings. The summed E-state index contributed by atoms with van der Waals surface area (Å²) in [6, 6.07) is 3.22. The fraction of sp³-hybridized carbons (Fsp3) is 0.500. The maximum atomic E-state index is 12.2. The van der Waals surface area contributed by atoms with E-state index in [9.17, 15) is 22.8 Å². The Morgan fingerprint density at radius 1 is 1.19 bits per heavy atom. The summed E-state index contributed by atoms with van der Waals surface area (Å²) in [5.74, 6) is 0.277. The van der Waals surface area contributed by atoms with Crippen LogP contribution in [0.4, 0.5) is 34.1 Å². The molecule has 1 aromatic carbocycles. The molecule has 152 valence electrons. The van der Waals surface area contributed by atoms with Crippen molar-refractivity contribution >= 4 is 23.5 Å². The van der Waals surface area contributed by atoms with Gasteiger partial charge < -0.3 is 25.2 Å². The predicted molar refractivity (Wildman–Crippen MR) is 91.9 cm³/mol. The van der Waals surface area contributed by atoms with E-state index >= 15 is 0 Å². The maximum absolute atomic E-state index is 12.2. The summed E-state index contributed by atoms with van der Waals surface area (Å²) in [7, 11) is 1.37. The first kappa shape index (κ1) is 22.4. The molecule has 3 amide bonds. The van der Waals surface area contributed by atoms with Crippen LogP contribution >= 0.6 is 0 Å². The van der Waals surface area contributed by atoms with E-state index in [-0.39, 0.29) is 17.1 Å². The van der Waals surface area contributed by atoms with Gasteiger partial charge in [0.1, 0.15) is 11.4 Å². The summed E-state index contributed by atoms with van der Waals surface area (Å²) in [6.07, 6.45) is -8.27. The van der Waals surface area contributed by atoms with E-state index in [1.165, 1.54) is 25.3 Å². The number of methoxy groups -OCH3 is 1. The lowest BCUT2D eigenvalue weighted by Crippen LogP contribution is -2.42. The number of urea groups is 1. The van der Waals surface area contributed by atoms with E-state index < -0.39 is 36.6 Å². The highest BCUT2D eigenvalue weighted by atomic mass is 19.4. The Hall–Kier alpha value is -2.69. The van der Waals surface area contributed by atoms with Gasteiger partial charge in [0, 0.05) is 5.69 Å². The van der Waals surface area contributed by atoms with Crippen molar-refractivity contribution in [3.8, 4) is 5.75 Å². The number of nitrogens with one attached hydrogen (secondary N) is 3. The number of aliphatic hydroxyl groups is 1. The van der Waals surface area contributed by atoms with Gasteiger partial charge in [-0.05, 0) is 39.0 Å². The van der Waals surface area contributed by atoms with Crippen LogP contribution in [0.1, 0.15) is 20.8 Å². The first-order chi connectivity index (χ1) is 12.3. The normalized spacial score (nSPS) is 12.7. The molecule has 1 rings (SSSR count). The molecule has 27 heavy (non-hydrogen) atoms. The number of halogens is 3. The summed E-state index contributed by atoms with van der Waals surface area (Å²) in [5.41, 5.74) is -0.382. The van der Waals surface area contributed by atoms with Gasteiger partial charge in [-0.15, -0.1) is 0 Å². The van der Waals surface area contributed by atoms with E-state index in [0.717, 1.165) is 0 Å². The number of amides is 3. The van der Waals surface area contributed by atoms with Crippen molar-refractivity contribution in [2.75, 3.05) is 24.3 Å². The van der Waals surface area contributed by atoms with Gasteiger partial charge >= 0.3 is 18.3 Å². The maximum Gasteiger partial charge on any atom is 0.416 e. The summed E-state index contributed by atoms with van der Waals surface area (Å²) >= 11 is 0. The smallest absolute Gasteiger partial charge is 0.416 e. The number of ether oxygens (including phenoxy) is 2. The Kier molecular flexibility index (Phi) is 7.28. The monoisotopic (exact) mass is 393 g/mol. The lowest BCUT2D eigenvalue weighted by Gasteiger charge is -2.20. The predicted octanol–water partition coefficient (Wildman–Crippen LogP) is 3.09. The molecule has 0 aliphatic rings. The van der Waals surface area contributed by atoms with Gasteiger partial charge in [-0.1, -0.05) is 0 Å². The number of alkyl halides is 3. The van der Waals surface area contributed by atoms with Crippen LogP contribution in [0.15, 0.2) is 18.2 Å². The molecule has 11 heteroatoms. The van der Waals surface area contributed by atoms with E-state index in [1.807, 2.05) is 5.32 Å². The molecule has 0 aliphatic heterocycles. The molecule has 0 aromatic heterocycles. The Bertz CT molecular complexity index is 674. The number of anilines is 2. The Morgan fingerprint density at radius 2 is 1.81 bits per heavy atom. The minimum atomic E-state index is -4.84. The fourth-order valence-corrected chi connectivity index (χ4v) is 1.78. The SMILES string of the molecule is COc1ccc(NC(=O)NC[C@H](O)C(F)(F)F)cc1NC(=O)OC(C)(C)C. The topological polar surface area (TPSA) is 109 Å². The van der Waals surface area contributed by atoms with E-state index in [2.05, 4.69) is 10.6 Å². The third-order valence-corrected chi connectivity index (χ3v) is 2.93. The van der Waals surface area contributed by atoms with E-state index in [1.54, 1.807) is 20.8 Å². The molecule has 0 radical (unpaired) electrons. The van der Waals surface area contributed by atoms with E-state index in [0.29, 0.717) is 0 Å². The van der Waals surface area contributed by atoms with Crippen molar-refractivity contribution in [1.29, 1.82) is 0 Å². The first-order valence-electron chi connectivity index (χ1n) is 7.79. The molecular weight excluding hydrogens is 371 g/mol. The Labute approximate surface area is 154 Å². The highest BCUT2D eigenvalue weighted by Gasteiger charge is 2.38. The van der Waals surface area contributed by atoms with Crippen LogP contribution in [0.2, 0.25) is 0 Å². The average Bonchev–Trinajstić information content (AvgIpc) is 2.50. The molecule has 0 aliphatic carbocycles. The van der Waals surface area contributed by atoms with Gasteiger partial charge in [-0.3, -0.25) is 5.32 Å². The van der Waals surface area contributed by atoms with Crippen LogP contribution in [0.3, 0.4) is 0 Å². The van der Waals surface area contributed by atoms with Crippen LogP contribution in [0, 0.1) is 0 Å². The minimum absolute atomic E-state index is 0.167. The summed E-state index contributed by atoms with van der Waals surface area (Å²) in [5, 5.41) is 15.5. The van der Waals surface area contributed by atoms with Crippen molar-refractivity contribution < 1.29 is 37.3 Å². The second-order valence-corrected chi connectivity index (χ2v) is 6.43. The molecule has 0 unspecified atom stereocenters. The standard InChI is InChI=1S/C16H22F3N3O5/c1-15(2,3)27-14(25)22-10-7-9(5-6-11(10)26-4)21-13(24)20-8-12(23)16(17,18)19/h5-7,12,23H,8H2,1-4H3,(H,22,25)(H2,20,21,24)/t12-/m0/s1. The van der Waals surface area contributed by atoms with Gasteiger partial charge in [0.05, 0.1) is 19.3 Å². The quantitative estimate of drug-likeness (QED) is 0.615. The molecule has 0 saturated carbocycles. The van der Waals surface area contributed by atoms with Crippen LogP contribution in [-0.4, -0.2) is 48.8 Å². The highest BCUT2D eigenvalue weighted by Crippen LogP contribution is 2.28. The van der Waals surface area contributed by atoms with E-state index in [4.69, 9.17) is 14.6 Å². The zero-order chi connectivity index (χ0) is 20.8. The van der Waals surface area contributed by atoms with Crippen molar-refractivity contribution in [3.63, 3.8) is 0 Å². The van der Waals surface area contributed by atoms with Crippen molar-refractivity contribution in [2.45, 2.75) is 38.7 Å². The van der Waals surface area contributed by atoms with Crippen LogP contribution in [0.25, 0.3) is 0 Å². The molecule has 8 nitrogen and oxygen atoms in total. The lowest BCUT2D eigenvalue weighted by atomic mass is 10.2. The molecule has 0 heterocycles. The zero-order valence-corrected chi connectivity index (χ0v) is 15.2. The van der Waals surface area contributed by atoms with Gasteiger partial charge in [0.25, 0.3) is 0 Å². The number of carbonyl (C=O) groups is 2. The molecule has 1 atom stereocenters. The largest absolute Gasteiger partial charge is 0.495 e. The van der Waals surface area contributed by atoms with Crippen molar-refractivity contribution in [2.24, 2.45) is 0 Å². The summed E-state index contributed by atoms with van der Waals surface area (Å²) in [6.45, 7) is 4.04. The second-order valence-electron chi connectivity index (χ2n) is 6.43. The number of benzene rings is 1. The van der Waals surface area contributed by atoms with Crippen molar-refractivity contribution in [1.82, 2.24) is 5.32 Å². The number of rotatable bonds is 5.